The van der Waals surface area contributed by atoms with E-state index in [1.165, 1.54) is 0 Å². The van der Waals surface area contributed by atoms with E-state index in [9.17, 15) is 9.59 Å². The number of urea groups is 1. The van der Waals surface area contributed by atoms with E-state index < -0.39 is 6.03 Å². The van der Waals surface area contributed by atoms with Crippen LogP contribution in [0.2, 0.25) is 0 Å². The second-order valence-corrected chi connectivity index (χ2v) is 2.91. The molecule has 0 aliphatic carbocycles. The normalized spacial score (nSPS) is 25.5. The van der Waals surface area contributed by atoms with Gasteiger partial charge >= 0.3 is 6.03 Å². The third-order valence-electron chi connectivity index (χ3n) is 1.20. The summed E-state index contributed by atoms with van der Waals surface area (Å²) in [5.74, 6) is 0.543. The first-order valence-electron chi connectivity index (χ1n) is 2.71. The first-order valence-corrected chi connectivity index (χ1v) is 3.70. The third-order valence-corrected chi connectivity index (χ3v) is 2.19. The zero-order valence-corrected chi connectivity index (χ0v) is 6.06. The summed E-state index contributed by atoms with van der Waals surface area (Å²) in [4.78, 5) is 22.2. The third kappa shape index (κ3) is 1.09. The average molecular weight is 159 g/mol. The molecule has 4 nitrogen and oxygen atoms in total. The topological polar surface area (TPSA) is 63.4 Å². The number of hydrogen-bond acceptors (Lipinski definition) is 3. The molecule has 2 N–H and O–H groups in total. The van der Waals surface area contributed by atoms with Crippen molar-refractivity contribution in [3.8, 4) is 0 Å². The molecule has 0 aromatic rings. The van der Waals surface area contributed by atoms with Gasteiger partial charge in [-0.05, 0) is 6.92 Å². The fourth-order valence-electron chi connectivity index (χ4n) is 0.731. The van der Waals surface area contributed by atoms with Crippen LogP contribution in [-0.2, 0) is 0 Å². The lowest BCUT2D eigenvalue weighted by Gasteiger charge is -2.13. The van der Waals surface area contributed by atoms with Gasteiger partial charge in [-0.1, -0.05) is 11.8 Å². The summed E-state index contributed by atoms with van der Waals surface area (Å²) in [5.41, 5.74) is 4.89. The van der Waals surface area contributed by atoms with Gasteiger partial charge in [0.05, 0.1) is 6.04 Å². The zero-order chi connectivity index (χ0) is 7.72. The van der Waals surface area contributed by atoms with Gasteiger partial charge in [0.2, 0.25) is 0 Å². The van der Waals surface area contributed by atoms with E-state index in [1.54, 1.807) is 0 Å². The number of carbonyl (C=O) groups excluding carboxylic acids is 2. The van der Waals surface area contributed by atoms with Crippen LogP contribution in [0, 0.1) is 6.92 Å². The van der Waals surface area contributed by atoms with Crippen molar-refractivity contribution in [2.75, 3.05) is 5.75 Å². The van der Waals surface area contributed by atoms with Gasteiger partial charge in [0.25, 0.3) is 5.24 Å². The number of rotatable bonds is 0. The Kier molecular flexibility index (Phi) is 1.85. The van der Waals surface area contributed by atoms with Crippen LogP contribution in [0.5, 0.6) is 0 Å². The molecule has 1 heterocycles. The number of carbonyl (C=O) groups is 2. The minimum absolute atomic E-state index is 0.296. The van der Waals surface area contributed by atoms with Crippen LogP contribution >= 0.6 is 11.8 Å². The molecule has 1 saturated heterocycles. The molecule has 1 atom stereocenters. The van der Waals surface area contributed by atoms with E-state index in [1.807, 2.05) is 0 Å². The maximum Gasteiger partial charge on any atom is 0.322 e. The van der Waals surface area contributed by atoms with Crippen LogP contribution in [0.1, 0.15) is 0 Å². The van der Waals surface area contributed by atoms with Crippen LogP contribution in [0.3, 0.4) is 0 Å². The number of hydrogen-bond donors (Lipinski definition) is 1. The molecular weight excluding hydrogens is 152 g/mol. The average Bonchev–Trinajstić information content (AvgIpc) is 2.11. The summed E-state index contributed by atoms with van der Waals surface area (Å²) in [6.45, 7) is 3.57. The molecule has 0 unspecified atom stereocenters. The molecule has 3 amide bonds. The van der Waals surface area contributed by atoms with E-state index in [0.717, 1.165) is 16.7 Å². The molecule has 1 radical (unpaired) electrons. The highest BCUT2D eigenvalue weighted by molar-refractivity contribution is 8.14. The number of primary amides is 1. The lowest BCUT2D eigenvalue weighted by atomic mass is 10.4. The van der Waals surface area contributed by atoms with Crippen molar-refractivity contribution in [2.45, 2.75) is 6.04 Å². The van der Waals surface area contributed by atoms with Crippen molar-refractivity contribution in [2.24, 2.45) is 5.73 Å². The summed E-state index contributed by atoms with van der Waals surface area (Å²) in [5, 5.41) is -0.299. The molecule has 1 fully saturated rings. The number of nitrogens with two attached hydrogens (primary N) is 1. The standard InChI is InChI=1S/C5H7N2O2S/c1-3-2-10-5(9)7(3)4(6)8/h3H,1-2H2,(H2,6,8)/t3-/m1/s1. The summed E-state index contributed by atoms with van der Waals surface area (Å²) in [6, 6.07) is -1.01. The van der Waals surface area contributed by atoms with Crippen LogP contribution in [0.15, 0.2) is 0 Å². The maximum atomic E-state index is 10.8. The SMILES string of the molecule is [CH2][C@@H]1CSC(=O)N1C(N)=O. The van der Waals surface area contributed by atoms with Gasteiger partial charge in [0, 0.05) is 5.75 Å². The highest BCUT2D eigenvalue weighted by Crippen LogP contribution is 2.22. The van der Waals surface area contributed by atoms with E-state index in [-0.39, 0.29) is 11.3 Å². The molecule has 0 spiro atoms. The van der Waals surface area contributed by atoms with Crippen molar-refractivity contribution < 1.29 is 9.59 Å². The minimum Gasteiger partial charge on any atom is -0.351 e. The molecule has 1 aliphatic rings. The van der Waals surface area contributed by atoms with Crippen molar-refractivity contribution in [3.05, 3.63) is 6.92 Å². The van der Waals surface area contributed by atoms with Crippen LogP contribution in [0.4, 0.5) is 9.59 Å². The lowest BCUT2D eigenvalue weighted by Crippen LogP contribution is -2.40. The predicted octanol–water partition coefficient (Wildman–Crippen LogP) is 0.437. The largest absolute Gasteiger partial charge is 0.351 e. The molecule has 1 aliphatic heterocycles. The Morgan fingerprint density at radius 3 is 2.70 bits per heavy atom. The monoisotopic (exact) mass is 159 g/mol. The molecule has 0 aromatic carbocycles. The summed E-state index contributed by atoms with van der Waals surface area (Å²) >= 11 is 1.07. The number of imide groups is 1. The van der Waals surface area contributed by atoms with Crippen molar-refractivity contribution >= 4 is 23.0 Å². The fourth-order valence-corrected chi connectivity index (χ4v) is 1.59. The molecule has 1 rings (SSSR count). The summed E-state index contributed by atoms with van der Waals surface area (Å²) in [7, 11) is 0. The van der Waals surface area contributed by atoms with Crippen molar-refractivity contribution in [1.82, 2.24) is 4.90 Å². The first-order chi connectivity index (χ1) is 4.63. The smallest absolute Gasteiger partial charge is 0.322 e. The highest BCUT2D eigenvalue weighted by Gasteiger charge is 2.32. The van der Waals surface area contributed by atoms with Gasteiger partial charge in [0.15, 0.2) is 0 Å². The van der Waals surface area contributed by atoms with E-state index in [2.05, 4.69) is 6.92 Å². The summed E-state index contributed by atoms with van der Waals surface area (Å²) in [6.07, 6.45) is 0. The Bertz CT molecular complexity index is 182. The Balaban J connectivity index is 2.72. The van der Waals surface area contributed by atoms with Gasteiger partial charge < -0.3 is 5.73 Å². The first kappa shape index (κ1) is 7.40. The Hall–Kier alpha value is -0.710. The predicted molar refractivity (Wildman–Crippen MR) is 38.4 cm³/mol. The number of thioether (sulfide) groups is 1. The van der Waals surface area contributed by atoms with E-state index >= 15 is 0 Å². The van der Waals surface area contributed by atoms with E-state index in [0.29, 0.717) is 5.75 Å². The minimum atomic E-state index is -0.713. The second kappa shape index (κ2) is 2.49. The molecule has 10 heavy (non-hydrogen) atoms. The van der Waals surface area contributed by atoms with Gasteiger partial charge in [-0.25, -0.2) is 4.79 Å². The van der Waals surface area contributed by atoms with Gasteiger partial charge in [-0.15, -0.1) is 0 Å². The Labute approximate surface area is 62.7 Å². The summed E-state index contributed by atoms with van der Waals surface area (Å²) < 4.78 is 0. The van der Waals surface area contributed by atoms with Gasteiger partial charge in [0.1, 0.15) is 0 Å². The fraction of sp³-hybridized carbons (Fsp3) is 0.400. The lowest BCUT2D eigenvalue weighted by molar-refractivity contribution is 0.203. The van der Waals surface area contributed by atoms with E-state index in [4.69, 9.17) is 5.73 Å². The zero-order valence-electron chi connectivity index (χ0n) is 5.24. The molecular formula is C5H7N2O2S. The molecule has 0 saturated carbocycles. The highest BCUT2D eigenvalue weighted by atomic mass is 32.2. The maximum absolute atomic E-state index is 10.8. The van der Waals surface area contributed by atoms with Gasteiger partial charge in [-0.2, -0.15) is 0 Å². The quantitative estimate of drug-likeness (QED) is 0.557. The Morgan fingerprint density at radius 2 is 2.50 bits per heavy atom. The van der Waals surface area contributed by atoms with Crippen molar-refractivity contribution in [3.63, 3.8) is 0 Å². The number of nitrogens with zero attached hydrogens (tertiary/aromatic N) is 1. The van der Waals surface area contributed by atoms with Crippen LogP contribution in [-0.4, -0.2) is 28.0 Å². The second-order valence-electron chi connectivity index (χ2n) is 1.94. The van der Waals surface area contributed by atoms with Crippen LogP contribution < -0.4 is 5.73 Å². The van der Waals surface area contributed by atoms with Crippen molar-refractivity contribution in [1.29, 1.82) is 0 Å². The molecule has 5 heteroatoms. The Morgan fingerprint density at radius 1 is 1.90 bits per heavy atom. The molecule has 0 bridgehead atoms. The van der Waals surface area contributed by atoms with Gasteiger partial charge in [-0.3, -0.25) is 9.69 Å². The molecule has 55 valence electrons. The number of amides is 3. The van der Waals surface area contributed by atoms with Crippen LogP contribution in [0.25, 0.3) is 0 Å². The molecule has 0 aromatic heterocycles.